The molecule has 8 heteroatoms. The van der Waals surface area contributed by atoms with Crippen LogP contribution in [0.2, 0.25) is 0 Å². The highest BCUT2D eigenvalue weighted by molar-refractivity contribution is 7.94. The molecule has 28 heavy (non-hydrogen) atoms. The quantitative estimate of drug-likeness (QED) is 0.462. The van der Waals surface area contributed by atoms with Crippen molar-refractivity contribution >= 4 is 32.6 Å². The summed E-state index contributed by atoms with van der Waals surface area (Å²) < 4.78 is 38.5. The summed E-state index contributed by atoms with van der Waals surface area (Å²) in [5, 5.41) is 0.812. The van der Waals surface area contributed by atoms with Gasteiger partial charge in [-0.1, -0.05) is 20.3 Å². The Morgan fingerprint density at radius 2 is 2.04 bits per heavy atom. The molecule has 0 aliphatic heterocycles. The van der Waals surface area contributed by atoms with Crippen LogP contribution < -0.4 is 4.72 Å². The van der Waals surface area contributed by atoms with E-state index in [1.165, 1.54) is 13.2 Å². The number of benzene rings is 1. The van der Waals surface area contributed by atoms with Gasteiger partial charge in [0.2, 0.25) is 10.0 Å². The lowest BCUT2D eigenvalue weighted by Gasteiger charge is -2.19. The van der Waals surface area contributed by atoms with Crippen LogP contribution in [0.1, 0.15) is 55.5 Å². The molecule has 0 bridgehead atoms. The summed E-state index contributed by atoms with van der Waals surface area (Å²) in [4.78, 5) is 15.2. The lowest BCUT2D eigenvalue weighted by Crippen LogP contribution is -2.34. The molecule has 2 aromatic rings. The first kappa shape index (κ1) is 20.7. The number of methoxy groups -OCH3 is 1. The lowest BCUT2D eigenvalue weighted by molar-refractivity contribution is 0.0601. The van der Waals surface area contributed by atoms with Crippen molar-refractivity contribution in [2.45, 2.75) is 50.7 Å². The number of ether oxygens (including phenoxy) is 2. The summed E-state index contributed by atoms with van der Waals surface area (Å²) in [6, 6.07) is 3.25. The summed E-state index contributed by atoms with van der Waals surface area (Å²) in [6.07, 6.45) is 5.64. The molecule has 0 spiro atoms. The van der Waals surface area contributed by atoms with Crippen molar-refractivity contribution in [2.75, 3.05) is 25.0 Å². The predicted molar refractivity (Wildman–Crippen MR) is 109 cm³/mol. The first-order chi connectivity index (χ1) is 13.4. The number of aryl methyl sites for hydroxylation is 1. The molecule has 0 saturated heterocycles. The summed E-state index contributed by atoms with van der Waals surface area (Å²) >= 11 is 0. The van der Waals surface area contributed by atoms with Gasteiger partial charge in [0.1, 0.15) is 4.75 Å². The van der Waals surface area contributed by atoms with Gasteiger partial charge < -0.3 is 14.5 Å². The highest BCUT2D eigenvalue weighted by Crippen LogP contribution is 2.45. The molecule has 7 nitrogen and oxygen atoms in total. The molecule has 0 atom stereocenters. The molecule has 0 amide bonds. The van der Waals surface area contributed by atoms with Gasteiger partial charge in [-0.3, -0.25) is 4.72 Å². The normalized spacial score (nSPS) is 15.5. The molecule has 0 unspecified atom stereocenters. The Hall–Kier alpha value is -2.06. The van der Waals surface area contributed by atoms with Crippen LogP contribution >= 0.6 is 0 Å². The van der Waals surface area contributed by atoms with Crippen LogP contribution in [0.25, 0.3) is 10.9 Å². The Kier molecular flexibility index (Phi) is 6.00. The zero-order chi connectivity index (χ0) is 20.4. The third-order valence-electron chi connectivity index (χ3n) is 5.31. The Morgan fingerprint density at radius 1 is 1.29 bits per heavy atom. The van der Waals surface area contributed by atoms with E-state index >= 15 is 0 Å². The summed E-state index contributed by atoms with van der Waals surface area (Å²) in [5.74, 6) is -0.505. The Balaban J connectivity index is 1.92. The number of fused-ring (bicyclic) bond motifs is 1. The second-order valence-electron chi connectivity index (χ2n) is 7.30. The van der Waals surface area contributed by atoms with E-state index in [4.69, 9.17) is 9.47 Å². The Labute approximate surface area is 165 Å². The molecule has 1 heterocycles. The summed E-state index contributed by atoms with van der Waals surface area (Å²) in [7, 11) is -2.37. The van der Waals surface area contributed by atoms with Crippen LogP contribution in [0.3, 0.4) is 0 Å². The number of carbonyl (C=O) groups is 1. The minimum absolute atomic E-state index is 0.188. The van der Waals surface area contributed by atoms with E-state index in [9.17, 15) is 13.2 Å². The van der Waals surface area contributed by atoms with Gasteiger partial charge >= 0.3 is 5.97 Å². The van der Waals surface area contributed by atoms with Crippen LogP contribution in [-0.2, 0) is 25.9 Å². The Morgan fingerprint density at radius 3 is 2.64 bits per heavy atom. The van der Waals surface area contributed by atoms with Crippen molar-refractivity contribution in [1.29, 1.82) is 0 Å². The van der Waals surface area contributed by atoms with E-state index in [2.05, 4.69) is 16.6 Å². The number of hydrogen-bond donors (Lipinski definition) is 2. The summed E-state index contributed by atoms with van der Waals surface area (Å²) in [6.45, 7) is 4.82. The third kappa shape index (κ3) is 3.89. The zero-order valence-electron chi connectivity index (χ0n) is 16.6. The SMILES string of the molecule is CCCCOCC1(S(=O)(=O)Nc2cc(C(=O)OC)cc3c(CC)c[nH]c23)CC1. The van der Waals surface area contributed by atoms with Gasteiger partial charge in [0.05, 0.1) is 30.5 Å². The van der Waals surface area contributed by atoms with Crippen molar-refractivity contribution in [3.05, 3.63) is 29.5 Å². The molecule has 1 aliphatic rings. The fraction of sp³-hybridized carbons (Fsp3) is 0.550. The number of anilines is 1. The molecule has 1 aromatic carbocycles. The minimum Gasteiger partial charge on any atom is -0.465 e. The molecule has 2 N–H and O–H groups in total. The van der Waals surface area contributed by atoms with Gasteiger partial charge in [0.15, 0.2) is 0 Å². The lowest BCUT2D eigenvalue weighted by atomic mass is 10.1. The molecule has 0 radical (unpaired) electrons. The molecule has 1 aliphatic carbocycles. The van der Waals surface area contributed by atoms with Gasteiger partial charge in [-0.2, -0.15) is 0 Å². The minimum atomic E-state index is -3.67. The smallest absolute Gasteiger partial charge is 0.337 e. The molecule has 3 rings (SSSR count). The highest BCUT2D eigenvalue weighted by atomic mass is 32.2. The molecule has 1 aromatic heterocycles. The fourth-order valence-corrected chi connectivity index (χ4v) is 4.83. The summed E-state index contributed by atoms with van der Waals surface area (Å²) in [5.41, 5.74) is 2.34. The second kappa shape index (κ2) is 8.13. The number of esters is 1. The second-order valence-corrected chi connectivity index (χ2v) is 9.38. The maximum absolute atomic E-state index is 13.1. The van der Waals surface area contributed by atoms with E-state index in [-0.39, 0.29) is 6.61 Å². The van der Waals surface area contributed by atoms with E-state index in [1.54, 1.807) is 6.07 Å². The topological polar surface area (TPSA) is 97.5 Å². The monoisotopic (exact) mass is 408 g/mol. The van der Waals surface area contributed by atoms with Crippen molar-refractivity contribution in [1.82, 2.24) is 4.98 Å². The predicted octanol–water partition coefficient (Wildman–Crippen LogP) is 3.61. The van der Waals surface area contributed by atoms with Crippen molar-refractivity contribution < 1.29 is 22.7 Å². The van der Waals surface area contributed by atoms with Gasteiger partial charge in [-0.25, -0.2) is 13.2 Å². The third-order valence-corrected chi connectivity index (χ3v) is 7.46. The van der Waals surface area contributed by atoms with Crippen LogP contribution in [0, 0.1) is 0 Å². The van der Waals surface area contributed by atoms with E-state index in [1.807, 2.05) is 13.1 Å². The fourth-order valence-electron chi connectivity index (χ4n) is 3.28. The number of rotatable bonds is 10. The van der Waals surface area contributed by atoms with Crippen molar-refractivity contribution in [3.63, 3.8) is 0 Å². The number of sulfonamides is 1. The van der Waals surface area contributed by atoms with Gasteiger partial charge in [-0.15, -0.1) is 0 Å². The van der Waals surface area contributed by atoms with Gasteiger partial charge in [0.25, 0.3) is 0 Å². The number of nitrogens with one attached hydrogen (secondary N) is 2. The molecule has 154 valence electrons. The van der Waals surface area contributed by atoms with E-state index in [0.717, 1.165) is 30.2 Å². The number of H-pyrrole nitrogens is 1. The number of hydrogen-bond acceptors (Lipinski definition) is 5. The molecular formula is C20H28N2O5S. The largest absolute Gasteiger partial charge is 0.465 e. The first-order valence-electron chi connectivity index (χ1n) is 9.70. The van der Waals surface area contributed by atoms with Gasteiger partial charge in [0, 0.05) is 18.2 Å². The zero-order valence-corrected chi connectivity index (χ0v) is 17.4. The maximum atomic E-state index is 13.1. The number of carbonyl (C=O) groups excluding carboxylic acids is 1. The molecular weight excluding hydrogens is 380 g/mol. The number of aromatic amines is 1. The van der Waals surface area contributed by atoms with Crippen LogP contribution in [-0.4, -0.2) is 44.4 Å². The van der Waals surface area contributed by atoms with Crippen molar-refractivity contribution in [3.8, 4) is 0 Å². The van der Waals surface area contributed by atoms with E-state index < -0.39 is 20.7 Å². The Bertz CT molecular complexity index is 960. The van der Waals surface area contributed by atoms with E-state index in [0.29, 0.717) is 36.2 Å². The highest BCUT2D eigenvalue weighted by Gasteiger charge is 2.55. The van der Waals surface area contributed by atoms with Crippen LogP contribution in [0.4, 0.5) is 5.69 Å². The number of aromatic nitrogens is 1. The molecule has 1 fully saturated rings. The maximum Gasteiger partial charge on any atom is 0.337 e. The van der Waals surface area contributed by atoms with Crippen LogP contribution in [0.5, 0.6) is 0 Å². The molecule has 1 saturated carbocycles. The van der Waals surface area contributed by atoms with Crippen LogP contribution in [0.15, 0.2) is 18.3 Å². The number of unbranched alkanes of at least 4 members (excludes halogenated alkanes) is 1. The standard InChI is InChI=1S/C20H28N2O5S/c1-4-6-9-27-13-20(7-8-20)28(24,25)22-17-11-15(19(23)26-3)10-16-14(5-2)12-21-18(16)17/h10-12,21-22H,4-9,13H2,1-3H3. The average molecular weight is 409 g/mol. The average Bonchev–Trinajstić information content (AvgIpc) is 3.37. The van der Waals surface area contributed by atoms with Crippen molar-refractivity contribution in [2.24, 2.45) is 0 Å². The van der Waals surface area contributed by atoms with Gasteiger partial charge in [-0.05, 0) is 43.4 Å². The first-order valence-corrected chi connectivity index (χ1v) is 11.2.